The molecule has 0 atom stereocenters. The highest BCUT2D eigenvalue weighted by Gasteiger charge is 2.17. The fourth-order valence-corrected chi connectivity index (χ4v) is 4.01. The van der Waals surface area contributed by atoms with Crippen molar-refractivity contribution in [2.24, 2.45) is 0 Å². The Morgan fingerprint density at radius 1 is 0.963 bits per heavy atom. The van der Waals surface area contributed by atoms with Gasteiger partial charge in [-0.3, -0.25) is 4.72 Å². The first kappa shape index (κ1) is 18.8. The molecule has 0 radical (unpaired) electrons. The van der Waals surface area contributed by atoms with E-state index < -0.39 is 10.0 Å². The molecule has 0 amide bonds. The molecule has 0 saturated heterocycles. The highest BCUT2D eigenvalue weighted by Crippen LogP contribution is 2.23. The minimum Gasteiger partial charge on any atom is -0.477 e. The summed E-state index contributed by atoms with van der Waals surface area (Å²) in [4.78, 5) is 0.273. The summed E-state index contributed by atoms with van der Waals surface area (Å²) in [7, 11) is -3.64. The summed E-state index contributed by atoms with van der Waals surface area (Å²) in [5.74, 6) is 0.471. The molecule has 3 rings (SSSR count). The zero-order valence-electron chi connectivity index (χ0n) is 15.4. The second-order valence-electron chi connectivity index (χ2n) is 6.14. The molecule has 0 saturated carbocycles. The van der Waals surface area contributed by atoms with Crippen LogP contribution in [-0.4, -0.2) is 25.2 Å². The van der Waals surface area contributed by atoms with Crippen LogP contribution in [0.1, 0.15) is 18.1 Å². The summed E-state index contributed by atoms with van der Waals surface area (Å²) < 4.78 is 33.2. The van der Waals surface area contributed by atoms with Crippen LogP contribution >= 0.6 is 0 Å². The molecule has 0 bridgehead atoms. The molecule has 0 aliphatic heterocycles. The highest BCUT2D eigenvalue weighted by atomic mass is 32.2. The van der Waals surface area contributed by atoms with E-state index in [4.69, 9.17) is 4.74 Å². The summed E-state index contributed by atoms with van der Waals surface area (Å²) in [6.07, 6.45) is 0. The average Bonchev–Trinajstić information content (AvgIpc) is 2.63. The Labute approximate surface area is 159 Å². The van der Waals surface area contributed by atoms with Gasteiger partial charge in [-0.2, -0.15) is 0 Å². The topological polar surface area (TPSA) is 81.2 Å². The first-order valence-electron chi connectivity index (χ1n) is 8.56. The third-order valence-corrected chi connectivity index (χ3v) is 5.53. The molecular formula is C20H21N3O3S. The molecule has 2 aromatic carbocycles. The Balaban J connectivity index is 1.79. The van der Waals surface area contributed by atoms with E-state index >= 15 is 0 Å². The lowest BCUT2D eigenvalue weighted by Gasteiger charge is -2.11. The lowest BCUT2D eigenvalue weighted by molar-refractivity contribution is 0.323. The Morgan fingerprint density at radius 3 is 2.30 bits per heavy atom. The van der Waals surface area contributed by atoms with Crippen LogP contribution in [0, 0.1) is 13.8 Å². The predicted molar refractivity (Wildman–Crippen MR) is 105 cm³/mol. The normalized spacial score (nSPS) is 11.2. The summed E-state index contributed by atoms with van der Waals surface area (Å²) in [5, 5.41) is 8.12. The molecule has 1 aromatic heterocycles. The minimum absolute atomic E-state index is 0.273. The molecule has 0 fully saturated rings. The smallest absolute Gasteiger partial charge is 0.262 e. The van der Waals surface area contributed by atoms with Crippen LogP contribution in [-0.2, 0) is 10.0 Å². The van der Waals surface area contributed by atoms with E-state index in [1.807, 2.05) is 26.0 Å². The quantitative estimate of drug-likeness (QED) is 0.697. The fraction of sp³-hybridized carbons (Fsp3) is 0.200. The van der Waals surface area contributed by atoms with E-state index in [0.717, 1.165) is 11.1 Å². The molecule has 0 spiro atoms. The van der Waals surface area contributed by atoms with E-state index in [1.54, 1.807) is 49.4 Å². The van der Waals surface area contributed by atoms with Gasteiger partial charge in [-0.05, 0) is 50.6 Å². The van der Waals surface area contributed by atoms with Crippen molar-refractivity contribution < 1.29 is 13.2 Å². The lowest BCUT2D eigenvalue weighted by Crippen LogP contribution is -2.14. The maximum Gasteiger partial charge on any atom is 0.262 e. The third kappa shape index (κ3) is 4.43. The van der Waals surface area contributed by atoms with E-state index in [-0.39, 0.29) is 4.90 Å². The summed E-state index contributed by atoms with van der Waals surface area (Å²) in [6, 6.07) is 15.8. The predicted octanol–water partition coefficient (Wildman–Crippen LogP) is 3.96. The van der Waals surface area contributed by atoms with Crippen molar-refractivity contribution in [1.29, 1.82) is 0 Å². The molecule has 6 nitrogen and oxygen atoms in total. The van der Waals surface area contributed by atoms with Crippen molar-refractivity contribution >= 4 is 15.7 Å². The molecular weight excluding hydrogens is 362 g/mol. The number of rotatable bonds is 6. The Morgan fingerprint density at radius 2 is 1.70 bits per heavy atom. The van der Waals surface area contributed by atoms with Crippen molar-refractivity contribution in [3.63, 3.8) is 0 Å². The fourth-order valence-electron chi connectivity index (χ4n) is 2.72. The van der Waals surface area contributed by atoms with Crippen LogP contribution < -0.4 is 9.46 Å². The van der Waals surface area contributed by atoms with E-state index in [2.05, 4.69) is 14.9 Å². The van der Waals surface area contributed by atoms with Crippen LogP contribution in [0.5, 0.6) is 5.88 Å². The SMILES string of the molecule is CCOc1ccc(-c2ccc(NS(=O)(=O)c3ccc(C)cc3C)cc2)nn1. The molecule has 1 heterocycles. The van der Waals surface area contributed by atoms with Crippen LogP contribution in [0.2, 0.25) is 0 Å². The van der Waals surface area contributed by atoms with Crippen molar-refractivity contribution in [2.75, 3.05) is 11.3 Å². The van der Waals surface area contributed by atoms with E-state index in [0.29, 0.717) is 29.4 Å². The van der Waals surface area contributed by atoms with Gasteiger partial charge >= 0.3 is 0 Å². The van der Waals surface area contributed by atoms with Crippen molar-refractivity contribution in [3.8, 4) is 17.1 Å². The largest absolute Gasteiger partial charge is 0.477 e. The van der Waals surface area contributed by atoms with Crippen molar-refractivity contribution in [2.45, 2.75) is 25.7 Å². The summed E-state index contributed by atoms with van der Waals surface area (Å²) in [6.45, 7) is 6.13. The number of nitrogens with zero attached hydrogens (tertiary/aromatic N) is 2. The second kappa shape index (κ2) is 7.75. The zero-order chi connectivity index (χ0) is 19.4. The van der Waals surface area contributed by atoms with Crippen LogP contribution in [0.25, 0.3) is 11.3 Å². The van der Waals surface area contributed by atoms with Gasteiger partial charge in [-0.25, -0.2) is 8.42 Å². The molecule has 0 aliphatic rings. The first-order valence-corrected chi connectivity index (χ1v) is 10.0. The maximum absolute atomic E-state index is 12.6. The lowest BCUT2D eigenvalue weighted by atomic mass is 10.1. The van der Waals surface area contributed by atoms with Gasteiger partial charge in [0.05, 0.1) is 17.2 Å². The molecule has 1 N–H and O–H groups in total. The van der Waals surface area contributed by atoms with Gasteiger partial charge in [-0.15, -0.1) is 10.2 Å². The van der Waals surface area contributed by atoms with Crippen LogP contribution in [0.15, 0.2) is 59.5 Å². The zero-order valence-corrected chi connectivity index (χ0v) is 16.2. The second-order valence-corrected chi connectivity index (χ2v) is 7.79. The molecule has 140 valence electrons. The molecule has 7 heteroatoms. The van der Waals surface area contributed by atoms with Gasteiger partial charge in [0.25, 0.3) is 10.0 Å². The Bertz CT molecular complexity index is 1030. The standard InChI is InChI=1S/C20H21N3O3S/c1-4-26-20-12-10-18(21-22-20)16-6-8-17(9-7-16)23-27(24,25)19-11-5-14(2)13-15(19)3/h5-13,23H,4H2,1-3H3. The molecule has 0 aliphatic carbocycles. The maximum atomic E-state index is 12.6. The average molecular weight is 383 g/mol. The summed E-state index contributed by atoms with van der Waals surface area (Å²) >= 11 is 0. The molecule has 27 heavy (non-hydrogen) atoms. The number of ether oxygens (including phenoxy) is 1. The number of benzene rings is 2. The number of aryl methyl sites for hydroxylation is 2. The number of hydrogen-bond donors (Lipinski definition) is 1. The number of nitrogens with one attached hydrogen (secondary N) is 1. The monoisotopic (exact) mass is 383 g/mol. The Kier molecular flexibility index (Phi) is 5.41. The number of sulfonamides is 1. The third-order valence-electron chi connectivity index (χ3n) is 3.99. The van der Waals surface area contributed by atoms with Gasteiger partial charge < -0.3 is 4.74 Å². The van der Waals surface area contributed by atoms with Gasteiger partial charge in [0.2, 0.25) is 5.88 Å². The van der Waals surface area contributed by atoms with E-state index in [9.17, 15) is 8.42 Å². The molecule has 3 aromatic rings. The number of aromatic nitrogens is 2. The van der Waals surface area contributed by atoms with Gasteiger partial charge in [0.1, 0.15) is 0 Å². The number of hydrogen-bond acceptors (Lipinski definition) is 5. The van der Waals surface area contributed by atoms with Crippen LogP contribution in [0.3, 0.4) is 0 Å². The number of anilines is 1. The van der Waals surface area contributed by atoms with Crippen LogP contribution in [0.4, 0.5) is 5.69 Å². The Hall–Kier alpha value is -2.93. The van der Waals surface area contributed by atoms with E-state index in [1.165, 1.54) is 0 Å². The van der Waals surface area contributed by atoms with Gasteiger partial charge in [0, 0.05) is 17.3 Å². The minimum atomic E-state index is -3.64. The highest BCUT2D eigenvalue weighted by molar-refractivity contribution is 7.92. The van der Waals surface area contributed by atoms with Gasteiger partial charge in [-0.1, -0.05) is 29.8 Å². The van der Waals surface area contributed by atoms with Crippen molar-refractivity contribution in [1.82, 2.24) is 10.2 Å². The first-order chi connectivity index (χ1) is 12.9. The summed E-state index contributed by atoms with van der Waals surface area (Å²) in [5.41, 5.74) is 3.73. The van der Waals surface area contributed by atoms with Gasteiger partial charge in [0.15, 0.2) is 0 Å². The van der Waals surface area contributed by atoms with Crippen molar-refractivity contribution in [3.05, 3.63) is 65.7 Å². The molecule has 0 unspecified atom stereocenters.